The van der Waals surface area contributed by atoms with Gasteiger partial charge in [-0.2, -0.15) is 0 Å². The molecule has 2 aliphatic carbocycles. The van der Waals surface area contributed by atoms with E-state index in [4.69, 9.17) is 0 Å². The number of allylic oxidation sites excluding steroid dienone is 1. The highest BCUT2D eigenvalue weighted by Crippen LogP contribution is 2.52. The lowest BCUT2D eigenvalue weighted by molar-refractivity contribution is 0.0392. The van der Waals surface area contributed by atoms with Gasteiger partial charge in [0.2, 0.25) is 0 Å². The van der Waals surface area contributed by atoms with Gasteiger partial charge in [-0.05, 0) is 48.0 Å². The summed E-state index contributed by atoms with van der Waals surface area (Å²) in [4.78, 5) is 0. The Kier molecular flexibility index (Phi) is 2.94. The Labute approximate surface area is 99.9 Å². The SMILES string of the molecule is CC(C)C1CC(C)(C)[C@@H](O)C2=C1CC[C@H]2C. The molecule has 0 heterocycles. The number of aliphatic hydroxyl groups is 1. The average Bonchev–Trinajstić information content (AvgIpc) is 2.54. The molecular weight excluding hydrogens is 196 g/mol. The van der Waals surface area contributed by atoms with Gasteiger partial charge in [-0.15, -0.1) is 0 Å². The van der Waals surface area contributed by atoms with Gasteiger partial charge in [0.25, 0.3) is 0 Å². The second kappa shape index (κ2) is 3.87. The Morgan fingerprint density at radius 3 is 2.50 bits per heavy atom. The molecule has 0 fully saturated rings. The molecular formula is C15H26O. The Hall–Kier alpha value is -0.300. The predicted octanol–water partition coefficient (Wildman–Crippen LogP) is 3.78. The molecule has 3 atom stereocenters. The molecule has 92 valence electrons. The Morgan fingerprint density at radius 1 is 1.31 bits per heavy atom. The Bertz CT molecular complexity index is 311. The number of hydrogen-bond acceptors (Lipinski definition) is 1. The third-order valence-electron chi connectivity index (χ3n) is 4.78. The van der Waals surface area contributed by atoms with E-state index in [-0.39, 0.29) is 11.5 Å². The topological polar surface area (TPSA) is 20.2 Å². The van der Waals surface area contributed by atoms with Crippen LogP contribution in [-0.4, -0.2) is 11.2 Å². The zero-order valence-corrected chi connectivity index (χ0v) is 11.4. The molecule has 2 rings (SSSR count). The molecule has 0 aromatic rings. The summed E-state index contributed by atoms with van der Waals surface area (Å²) in [6.45, 7) is 11.4. The zero-order valence-electron chi connectivity index (χ0n) is 11.4. The molecule has 1 unspecified atom stereocenters. The van der Waals surface area contributed by atoms with E-state index in [1.165, 1.54) is 18.4 Å². The first-order valence-electron chi connectivity index (χ1n) is 6.75. The molecule has 16 heavy (non-hydrogen) atoms. The number of rotatable bonds is 1. The fourth-order valence-electron chi connectivity index (χ4n) is 3.69. The fourth-order valence-corrected chi connectivity index (χ4v) is 3.69. The second-order valence-corrected chi connectivity index (χ2v) is 6.87. The minimum Gasteiger partial charge on any atom is -0.388 e. The zero-order chi connectivity index (χ0) is 12.1. The monoisotopic (exact) mass is 222 g/mol. The van der Waals surface area contributed by atoms with E-state index < -0.39 is 0 Å². The largest absolute Gasteiger partial charge is 0.388 e. The van der Waals surface area contributed by atoms with Crippen molar-refractivity contribution < 1.29 is 5.11 Å². The number of aliphatic hydroxyl groups excluding tert-OH is 1. The van der Waals surface area contributed by atoms with Crippen LogP contribution in [0.2, 0.25) is 0 Å². The molecule has 0 amide bonds. The standard InChI is InChI=1S/C15H26O/c1-9(2)12-8-15(4,5)14(16)13-10(3)6-7-11(12)13/h9-10,12,14,16H,6-8H2,1-5H3/t10-,12?,14+/m1/s1. The van der Waals surface area contributed by atoms with Crippen LogP contribution in [0.1, 0.15) is 53.9 Å². The fraction of sp³-hybridized carbons (Fsp3) is 0.867. The minimum atomic E-state index is -0.199. The van der Waals surface area contributed by atoms with Crippen LogP contribution in [0.4, 0.5) is 0 Å². The van der Waals surface area contributed by atoms with Crippen molar-refractivity contribution in [3.8, 4) is 0 Å². The van der Waals surface area contributed by atoms with Gasteiger partial charge < -0.3 is 5.11 Å². The molecule has 0 aromatic heterocycles. The highest BCUT2D eigenvalue weighted by atomic mass is 16.3. The van der Waals surface area contributed by atoms with E-state index in [0.717, 1.165) is 6.42 Å². The minimum absolute atomic E-state index is 0.0619. The Balaban J connectivity index is 2.42. The van der Waals surface area contributed by atoms with E-state index in [0.29, 0.717) is 17.8 Å². The molecule has 1 heteroatoms. The van der Waals surface area contributed by atoms with E-state index >= 15 is 0 Å². The summed E-state index contributed by atoms with van der Waals surface area (Å²) < 4.78 is 0. The van der Waals surface area contributed by atoms with Crippen LogP contribution in [0.25, 0.3) is 0 Å². The van der Waals surface area contributed by atoms with Crippen molar-refractivity contribution in [3.63, 3.8) is 0 Å². The van der Waals surface area contributed by atoms with Gasteiger partial charge in [0.1, 0.15) is 0 Å². The van der Waals surface area contributed by atoms with Gasteiger partial charge in [-0.1, -0.05) is 40.2 Å². The third-order valence-corrected chi connectivity index (χ3v) is 4.78. The molecule has 0 spiro atoms. The molecule has 0 bridgehead atoms. The predicted molar refractivity (Wildman–Crippen MR) is 68.2 cm³/mol. The highest BCUT2D eigenvalue weighted by molar-refractivity contribution is 5.33. The quantitative estimate of drug-likeness (QED) is 0.669. The lowest BCUT2D eigenvalue weighted by atomic mass is 9.64. The van der Waals surface area contributed by atoms with E-state index in [9.17, 15) is 5.11 Å². The summed E-state index contributed by atoms with van der Waals surface area (Å²) >= 11 is 0. The second-order valence-electron chi connectivity index (χ2n) is 6.87. The third kappa shape index (κ3) is 1.73. The maximum absolute atomic E-state index is 10.5. The summed E-state index contributed by atoms with van der Waals surface area (Å²) in [5.74, 6) is 2.02. The van der Waals surface area contributed by atoms with Crippen molar-refractivity contribution in [2.45, 2.75) is 60.0 Å². The average molecular weight is 222 g/mol. The van der Waals surface area contributed by atoms with Crippen LogP contribution in [0.3, 0.4) is 0 Å². The Morgan fingerprint density at radius 2 is 1.94 bits per heavy atom. The van der Waals surface area contributed by atoms with Crippen molar-refractivity contribution in [1.82, 2.24) is 0 Å². The molecule has 0 aromatic carbocycles. The molecule has 0 saturated heterocycles. The van der Waals surface area contributed by atoms with Crippen molar-refractivity contribution in [2.24, 2.45) is 23.2 Å². The van der Waals surface area contributed by atoms with Crippen LogP contribution in [0.5, 0.6) is 0 Å². The summed E-state index contributed by atoms with van der Waals surface area (Å²) in [7, 11) is 0. The summed E-state index contributed by atoms with van der Waals surface area (Å²) in [6.07, 6.45) is 3.43. The maximum Gasteiger partial charge on any atom is 0.0806 e. The van der Waals surface area contributed by atoms with Crippen LogP contribution in [0.15, 0.2) is 11.1 Å². The summed E-state index contributed by atoms with van der Waals surface area (Å²) in [6, 6.07) is 0. The van der Waals surface area contributed by atoms with E-state index in [2.05, 4.69) is 34.6 Å². The first-order chi connectivity index (χ1) is 7.34. The van der Waals surface area contributed by atoms with E-state index in [1.54, 1.807) is 5.57 Å². The van der Waals surface area contributed by atoms with Crippen molar-refractivity contribution in [3.05, 3.63) is 11.1 Å². The van der Waals surface area contributed by atoms with Gasteiger partial charge in [0.05, 0.1) is 6.10 Å². The lowest BCUT2D eigenvalue weighted by Crippen LogP contribution is -2.40. The van der Waals surface area contributed by atoms with Gasteiger partial charge in [0.15, 0.2) is 0 Å². The summed E-state index contributed by atoms with van der Waals surface area (Å²) in [5.41, 5.74) is 3.07. The first-order valence-corrected chi connectivity index (χ1v) is 6.75. The smallest absolute Gasteiger partial charge is 0.0806 e. The normalized spacial score (nSPS) is 38.1. The van der Waals surface area contributed by atoms with Crippen LogP contribution in [0, 0.1) is 23.2 Å². The molecule has 0 radical (unpaired) electrons. The molecule has 2 aliphatic rings. The van der Waals surface area contributed by atoms with Crippen molar-refractivity contribution in [1.29, 1.82) is 0 Å². The van der Waals surface area contributed by atoms with Crippen molar-refractivity contribution in [2.75, 3.05) is 0 Å². The van der Waals surface area contributed by atoms with Crippen LogP contribution in [-0.2, 0) is 0 Å². The van der Waals surface area contributed by atoms with E-state index in [1.807, 2.05) is 0 Å². The van der Waals surface area contributed by atoms with Gasteiger partial charge >= 0.3 is 0 Å². The van der Waals surface area contributed by atoms with Gasteiger partial charge in [0, 0.05) is 0 Å². The lowest BCUT2D eigenvalue weighted by Gasteiger charge is -2.43. The maximum atomic E-state index is 10.5. The first kappa shape index (κ1) is 12.2. The van der Waals surface area contributed by atoms with Crippen LogP contribution >= 0.6 is 0 Å². The molecule has 0 saturated carbocycles. The highest BCUT2D eigenvalue weighted by Gasteiger charge is 2.45. The van der Waals surface area contributed by atoms with Crippen molar-refractivity contribution >= 4 is 0 Å². The van der Waals surface area contributed by atoms with Gasteiger partial charge in [-0.3, -0.25) is 0 Å². The van der Waals surface area contributed by atoms with Gasteiger partial charge in [-0.25, -0.2) is 0 Å². The molecule has 1 nitrogen and oxygen atoms in total. The summed E-state index contributed by atoms with van der Waals surface area (Å²) in [5, 5.41) is 10.5. The number of hydrogen-bond donors (Lipinski definition) is 1. The molecule has 1 N–H and O–H groups in total. The molecule has 0 aliphatic heterocycles. The van der Waals surface area contributed by atoms with Crippen LogP contribution < -0.4 is 0 Å².